The lowest BCUT2D eigenvalue weighted by Crippen LogP contribution is -2.61. The summed E-state index contributed by atoms with van der Waals surface area (Å²) in [6.07, 6.45) is -0.0718. The summed E-state index contributed by atoms with van der Waals surface area (Å²) in [5, 5.41) is 76.8. The number of nitrogens with one attached hydrogen (secondary N) is 13. The number of aromatic hydroxyl groups is 2. The Bertz CT molecular complexity index is 3430. The van der Waals surface area contributed by atoms with E-state index in [-0.39, 0.29) is 112 Å². The van der Waals surface area contributed by atoms with E-state index in [1.165, 1.54) is 54.2 Å². The van der Waals surface area contributed by atoms with Gasteiger partial charge in [-0.3, -0.25) is 67.7 Å². The number of primary amides is 3. The number of amides is 13. The molecule has 35 nitrogen and oxygen atoms in total. The topological polar surface area (TPSA) is 560 Å². The smallest absolute Gasteiger partial charge is 0.245 e. The van der Waals surface area contributed by atoms with Crippen LogP contribution in [0, 0.1) is 11.3 Å². The van der Waals surface area contributed by atoms with Gasteiger partial charge in [-0.15, -0.1) is 5.10 Å². The van der Waals surface area contributed by atoms with Crippen molar-refractivity contribution in [3.8, 4) is 11.5 Å². The molecule has 0 fully saturated rings. The molecule has 0 saturated carbocycles. The zero-order valence-corrected chi connectivity index (χ0v) is 55.7. The summed E-state index contributed by atoms with van der Waals surface area (Å²) < 4.78 is 1.25. The Morgan fingerprint density at radius 1 is 0.495 bits per heavy atom. The van der Waals surface area contributed by atoms with Crippen molar-refractivity contribution in [1.29, 1.82) is 5.41 Å². The molecule has 35 heteroatoms. The first-order valence-corrected chi connectivity index (χ1v) is 31.8. The van der Waals surface area contributed by atoms with Gasteiger partial charge >= 0.3 is 0 Å². The van der Waals surface area contributed by atoms with E-state index in [9.17, 15) is 77.6 Å². The molecule has 0 saturated heterocycles. The molecule has 0 spiro atoms. The highest BCUT2D eigenvalue weighted by molar-refractivity contribution is 5.99. The number of hydrogen-bond acceptors (Lipinski definition) is 19. The van der Waals surface area contributed by atoms with E-state index in [4.69, 9.17) is 22.6 Å². The van der Waals surface area contributed by atoms with E-state index in [0.717, 1.165) is 6.92 Å². The van der Waals surface area contributed by atoms with Crippen LogP contribution >= 0.6 is 0 Å². The van der Waals surface area contributed by atoms with E-state index >= 15 is 0 Å². The second kappa shape index (κ2) is 41.0. The fourth-order valence-electron chi connectivity index (χ4n) is 9.90. The molecule has 0 aliphatic heterocycles. The van der Waals surface area contributed by atoms with Crippen molar-refractivity contribution in [2.75, 3.05) is 26.7 Å². The van der Waals surface area contributed by atoms with Gasteiger partial charge in [-0.2, -0.15) is 0 Å². The first kappa shape index (κ1) is 80.2. The van der Waals surface area contributed by atoms with E-state index in [2.05, 4.69) is 74.1 Å². The molecule has 0 unspecified atom stereocenters. The summed E-state index contributed by atoms with van der Waals surface area (Å²) >= 11 is 0. The second-order valence-electron chi connectivity index (χ2n) is 23.8. The van der Waals surface area contributed by atoms with Gasteiger partial charge in [-0.1, -0.05) is 73.7 Å². The Morgan fingerprint density at radius 3 is 1.42 bits per heavy atom. The molecule has 9 atom stereocenters. The Labute approximate surface area is 570 Å². The largest absolute Gasteiger partial charge is 0.508 e. The fourth-order valence-corrected chi connectivity index (χ4v) is 9.90. The molecule has 0 aliphatic rings. The first-order valence-electron chi connectivity index (χ1n) is 31.8. The van der Waals surface area contributed by atoms with Crippen LogP contribution in [0.5, 0.6) is 11.5 Å². The average Bonchev–Trinajstić information content (AvgIpc) is 1.85. The fraction of sp³-hybridized carbons (Fsp3) is 0.469. The van der Waals surface area contributed by atoms with Crippen LogP contribution in [0.3, 0.4) is 0 Å². The average molecular weight is 1380 g/mol. The number of phenols is 2. The van der Waals surface area contributed by atoms with Crippen molar-refractivity contribution >= 4 is 82.8 Å². The molecule has 13 amide bonds. The molecular formula is C64H91N19O16. The minimum atomic E-state index is -1.91. The molecule has 1 heterocycles. The molecule has 3 aromatic carbocycles. The van der Waals surface area contributed by atoms with Crippen molar-refractivity contribution in [1.82, 2.24) is 78.8 Å². The zero-order valence-electron chi connectivity index (χ0n) is 55.7. The van der Waals surface area contributed by atoms with E-state index in [0.29, 0.717) is 16.7 Å². The number of carbonyl (C=O) groups excluding carboxylic acids is 13. The van der Waals surface area contributed by atoms with Crippen LogP contribution < -0.4 is 81.0 Å². The highest BCUT2D eigenvalue weighted by Crippen LogP contribution is 2.20. The molecule has 0 bridgehead atoms. The maximum absolute atomic E-state index is 14.3. The third-order valence-electron chi connectivity index (χ3n) is 15.0. The van der Waals surface area contributed by atoms with E-state index in [1.807, 2.05) is 13.8 Å². The van der Waals surface area contributed by atoms with Gasteiger partial charge in [0.25, 0.3) is 0 Å². The molecule has 538 valence electrons. The highest BCUT2D eigenvalue weighted by Gasteiger charge is 2.36. The number of nitrogens with zero attached hydrogens (tertiary/aromatic N) is 3. The molecule has 0 aliphatic carbocycles. The Hall–Kier alpha value is -11.3. The third-order valence-corrected chi connectivity index (χ3v) is 15.0. The maximum atomic E-state index is 14.3. The SMILES string of the molecule is CNC(=N)NCCC[C@H](NC(=O)[C@H](CC(C)C)n1cc(CNC(=O)[C@H](Cc2ccccc2)NC(=O)[C@H](CO)NC(=O)[C@H](CC(N)=O)NC(=O)[C@H](CCCCNC(C)=O)NC(=O)[C@H](CC(N)=O)NC(=O)[C@H](Cc2ccc(O)cc2)NC(C)=O)nn1)C(=O)N[C@@H](Cc1ccc(O)cc1)C(N)=O. The monoisotopic (exact) mass is 1380 g/mol. The normalized spacial score (nSPS) is 13.6. The lowest BCUT2D eigenvalue weighted by Gasteiger charge is -2.27. The number of aliphatic hydroxyl groups excluding tert-OH is 1. The second-order valence-corrected chi connectivity index (χ2v) is 23.8. The van der Waals surface area contributed by atoms with Crippen LogP contribution in [-0.2, 0) is 88.1 Å². The van der Waals surface area contributed by atoms with Gasteiger partial charge in [0.2, 0.25) is 76.8 Å². The van der Waals surface area contributed by atoms with Crippen molar-refractivity contribution in [3.05, 3.63) is 107 Å². The third kappa shape index (κ3) is 29.3. The number of benzene rings is 3. The van der Waals surface area contributed by atoms with Crippen molar-refractivity contribution in [2.24, 2.45) is 23.1 Å². The maximum Gasteiger partial charge on any atom is 0.245 e. The van der Waals surface area contributed by atoms with Gasteiger partial charge in [0.15, 0.2) is 5.96 Å². The lowest BCUT2D eigenvalue weighted by atomic mass is 10.0. The summed E-state index contributed by atoms with van der Waals surface area (Å²) in [4.78, 5) is 174. The minimum absolute atomic E-state index is 0.0138. The van der Waals surface area contributed by atoms with Crippen LogP contribution in [-0.4, -0.2) is 188 Å². The molecule has 4 aromatic rings. The summed E-state index contributed by atoms with van der Waals surface area (Å²) in [5.41, 5.74) is 18.4. The molecule has 4 rings (SSSR count). The molecular weight excluding hydrogens is 1290 g/mol. The molecule has 22 N–H and O–H groups in total. The summed E-state index contributed by atoms with van der Waals surface area (Å²) in [7, 11) is 1.54. The van der Waals surface area contributed by atoms with Gasteiger partial charge in [0, 0.05) is 53.2 Å². The van der Waals surface area contributed by atoms with Crippen LogP contribution in [0.1, 0.15) is 107 Å². The molecule has 1 aromatic heterocycles. The summed E-state index contributed by atoms with van der Waals surface area (Å²) in [6, 6.07) is 6.49. The molecule has 0 radical (unpaired) electrons. The van der Waals surface area contributed by atoms with Gasteiger partial charge in [-0.05, 0) is 85.4 Å². The predicted octanol–water partition coefficient (Wildman–Crippen LogP) is -4.42. The minimum Gasteiger partial charge on any atom is -0.508 e. The Balaban J connectivity index is 1.54. The highest BCUT2D eigenvalue weighted by atomic mass is 16.3. The van der Waals surface area contributed by atoms with Crippen molar-refractivity contribution in [2.45, 2.75) is 159 Å². The van der Waals surface area contributed by atoms with E-state index < -0.39 is 145 Å². The van der Waals surface area contributed by atoms with Crippen LogP contribution in [0.4, 0.5) is 0 Å². The zero-order chi connectivity index (χ0) is 73.3. The van der Waals surface area contributed by atoms with Gasteiger partial charge in [-0.25, -0.2) is 4.68 Å². The standard InChI is InChI=1S/C64H91N19O16/c1-35(2)26-52(63(99)75-45(15-11-25-71-64(68)69-5)57(93)76-46(55(67)91)27-39-16-20-42(87)21-17-39)83-33-41(81-82-83)32-72-56(92)47(28-38-12-7-6-8-13-38)77-62(98)51(34-84)80-61(97)50(31-54(66)90)78-58(94)44(14-9-10-24-70-36(3)85)74-60(96)49(30-53(65)89)79-59(95)48(73-37(4)86)29-40-18-22-43(88)23-19-40/h6-8,12-13,16-23,33,35,44-52,84,87-88H,9-11,14-15,24-32,34H2,1-5H3,(H2,65,89)(H2,66,90)(H2,67,91)(H,70,85)(H,72,92)(H,73,86)(H,74,96)(H,75,99)(H,76,93)(H,77,98)(H,78,94)(H,79,95)(H,80,97)(H3,68,69,71)/t44-,45-,46-,47-,48-,49-,50-,51-,52-/m0/s1. The number of phenolic OH excluding ortho intramolecular Hbond substituents is 2. The quantitative estimate of drug-likeness (QED) is 0.0113. The van der Waals surface area contributed by atoms with Gasteiger partial charge in [0.05, 0.1) is 32.2 Å². The number of nitrogens with two attached hydrogens (primary N) is 3. The predicted molar refractivity (Wildman–Crippen MR) is 356 cm³/mol. The lowest BCUT2D eigenvalue weighted by molar-refractivity contribution is -0.137. The van der Waals surface area contributed by atoms with E-state index in [1.54, 1.807) is 49.5 Å². The number of aliphatic hydroxyl groups is 1. The Morgan fingerprint density at radius 2 is 0.929 bits per heavy atom. The number of aromatic nitrogens is 3. The Kier molecular flexibility index (Phi) is 33.2. The van der Waals surface area contributed by atoms with Gasteiger partial charge < -0.3 is 96.3 Å². The summed E-state index contributed by atoms with van der Waals surface area (Å²) in [5.74, 6) is -12.1. The number of unbranched alkanes of at least 4 members (excludes halogenated alkanes) is 1. The summed E-state index contributed by atoms with van der Waals surface area (Å²) in [6.45, 7) is 5.00. The number of carbonyl (C=O) groups is 13. The van der Waals surface area contributed by atoms with Gasteiger partial charge in [0.1, 0.15) is 71.6 Å². The van der Waals surface area contributed by atoms with Crippen LogP contribution in [0.2, 0.25) is 0 Å². The van der Waals surface area contributed by atoms with Crippen LogP contribution in [0.25, 0.3) is 0 Å². The number of rotatable bonds is 42. The van der Waals surface area contributed by atoms with Crippen molar-refractivity contribution < 1.29 is 77.6 Å². The van der Waals surface area contributed by atoms with Crippen LogP contribution in [0.15, 0.2) is 85.1 Å². The first-order chi connectivity index (χ1) is 46.9. The van der Waals surface area contributed by atoms with Crippen molar-refractivity contribution in [3.63, 3.8) is 0 Å². The molecule has 99 heavy (non-hydrogen) atoms. The number of hydrogen-bond donors (Lipinski definition) is 19. The number of guanidine groups is 1.